The molecule has 5 heteroatoms. The molecule has 0 spiro atoms. The van der Waals surface area contributed by atoms with Crippen molar-refractivity contribution in [3.8, 4) is 16.9 Å². The Bertz CT molecular complexity index is 730. The lowest BCUT2D eigenvalue weighted by Crippen LogP contribution is -2.45. The molecule has 0 bridgehead atoms. The number of hydrogen-bond donors (Lipinski definition) is 0. The molecule has 2 aromatic carbocycles. The number of hydrogen-bond acceptors (Lipinski definition) is 3. The van der Waals surface area contributed by atoms with E-state index in [1.807, 2.05) is 19.1 Å². The molecule has 0 atom stereocenters. The molecule has 0 aromatic heterocycles. The van der Waals surface area contributed by atoms with Crippen molar-refractivity contribution in [2.24, 2.45) is 0 Å². The number of ether oxygens (including phenoxy) is 1. The van der Waals surface area contributed by atoms with E-state index >= 15 is 0 Å². The molecule has 1 aliphatic heterocycles. The van der Waals surface area contributed by atoms with Gasteiger partial charge in [0.2, 0.25) is 0 Å². The van der Waals surface area contributed by atoms with Gasteiger partial charge >= 0.3 is 0 Å². The van der Waals surface area contributed by atoms with E-state index in [-0.39, 0.29) is 5.82 Å². The predicted molar refractivity (Wildman–Crippen MR) is 99.9 cm³/mol. The quantitative estimate of drug-likeness (QED) is 0.803. The summed E-state index contributed by atoms with van der Waals surface area (Å²) in [4.78, 5) is 4.73. The maximum atomic E-state index is 13.4. The normalized spacial score (nSPS) is 16.2. The fourth-order valence-corrected chi connectivity index (χ4v) is 3.23. The van der Waals surface area contributed by atoms with E-state index < -0.39 is 0 Å². The maximum Gasteiger partial charge on any atom is 0.138 e. The molecule has 2 aromatic rings. The summed E-state index contributed by atoms with van der Waals surface area (Å²) in [5.74, 6) is 0.394. The highest BCUT2D eigenvalue weighted by molar-refractivity contribution is 6.33. The summed E-state index contributed by atoms with van der Waals surface area (Å²) >= 11 is 6.48. The molecule has 0 saturated carbocycles. The van der Waals surface area contributed by atoms with E-state index in [4.69, 9.17) is 16.3 Å². The molecule has 3 nitrogen and oxygen atoms in total. The molecule has 0 amide bonds. The molecule has 25 heavy (non-hydrogen) atoms. The van der Waals surface area contributed by atoms with Crippen molar-refractivity contribution in [3.05, 3.63) is 52.8 Å². The fraction of sp³-hybridized carbons (Fsp3) is 0.400. The van der Waals surface area contributed by atoms with Crippen LogP contribution in [0.5, 0.6) is 5.75 Å². The Morgan fingerprint density at radius 3 is 2.68 bits per heavy atom. The van der Waals surface area contributed by atoms with Crippen LogP contribution in [0.25, 0.3) is 11.1 Å². The van der Waals surface area contributed by atoms with Crippen molar-refractivity contribution in [1.82, 2.24) is 9.80 Å². The maximum absolute atomic E-state index is 13.4. The summed E-state index contributed by atoms with van der Waals surface area (Å²) < 4.78 is 19.3. The highest BCUT2D eigenvalue weighted by atomic mass is 35.5. The van der Waals surface area contributed by atoms with Crippen LogP contribution < -0.4 is 4.74 Å². The van der Waals surface area contributed by atoms with Crippen molar-refractivity contribution < 1.29 is 9.13 Å². The summed E-state index contributed by atoms with van der Waals surface area (Å²) in [5.41, 5.74) is 2.44. The van der Waals surface area contributed by atoms with Crippen LogP contribution in [-0.4, -0.2) is 56.2 Å². The first-order chi connectivity index (χ1) is 12.0. The summed E-state index contributed by atoms with van der Waals surface area (Å²) in [6.45, 7) is 7.75. The van der Waals surface area contributed by atoms with Crippen molar-refractivity contribution in [2.75, 3.05) is 46.4 Å². The van der Waals surface area contributed by atoms with Crippen LogP contribution in [0.3, 0.4) is 0 Å². The van der Waals surface area contributed by atoms with Crippen molar-refractivity contribution >= 4 is 11.6 Å². The SMILES string of the molecule is Cc1c(-c2[c]ccc(F)c2)ccc(OCCN2CCN(C)CC2)c1Cl. The number of rotatable bonds is 5. The zero-order chi connectivity index (χ0) is 17.8. The third-order valence-corrected chi connectivity index (χ3v) is 5.14. The molecular weight excluding hydrogens is 339 g/mol. The van der Waals surface area contributed by atoms with Crippen LogP contribution in [0.1, 0.15) is 5.56 Å². The van der Waals surface area contributed by atoms with Gasteiger partial charge in [0, 0.05) is 32.7 Å². The molecule has 0 N–H and O–H groups in total. The van der Waals surface area contributed by atoms with Gasteiger partial charge in [0.1, 0.15) is 18.2 Å². The third kappa shape index (κ3) is 4.51. The zero-order valence-corrected chi connectivity index (χ0v) is 15.4. The highest BCUT2D eigenvalue weighted by Crippen LogP contribution is 2.35. The molecule has 1 fully saturated rings. The van der Waals surface area contributed by atoms with Gasteiger partial charge in [-0.15, -0.1) is 0 Å². The van der Waals surface area contributed by atoms with Crippen LogP contribution in [0.15, 0.2) is 30.3 Å². The topological polar surface area (TPSA) is 15.7 Å². The van der Waals surface area contributed by atoms with Gasteiger partial charge in [-0.05, 0) is 54.9 Å². The van der Waals surface area contributed by atoms with Gasteiger partial charge in [-0.2, -0.15) is 0 Å². The minimum atomic E-state index is -0.281. The van der Waals surface area contributed by atoms with Crippen molar-refractivity contribution in [3.63, 3.8) is 0 Å². The van der Waals surface area contributed by atoms with Crippen LogP contribution in [-0.2, 0) is 0 Å². The lowest BCUT2D eigenvalue weighted by atomic mass is 10.0. The molecule has 3 rings (SSSR count). The average molecular weight is 362 g/mol. The van der Waals surface area contributed by atoms with Crippen molar-refractivity contribution in [2.45, 2.75) is 6.92 Å². The van der Waals surface area contributed by atoms with Crippen molar-refractivity contribution in [1.29, 1.82) is 0 Å². The second-order valence-corrected chi connectivity index (χ2v) is 6.84. The zero-order valence-electron chi connectivity index (χ0n) is 14.7. The first kappa shape index (κ1) is 18.2. The van der Waals surface area contributed by atoms with Gasteiger partial charge in [-0.1, -0.05) is 23.7 Å². The highest BCUT2D eigenvalue weighted by Gasteiger charge is 2.15. The fourth-order valence-electron chi connectivity index (χ4n) is 3.01. The number of likely N-dealkylation sites (N-methyl/N-ethyl adjacent to an activating group) is 1. The largest absolute Gasteiger partial charge is 0.491 e. The molecule has 1 radical (unpaired) electrons. The number of piperazine rings is 1. The molecule has 1 heterocycles. The summed E-state index contributed by atoms with van der Waals surface area (Å²) in [5, 5.41) is 0.577. The number of nitrogens with zero attached hydrogens (tertiary/aromatic N) is 2. The monoisotopic (exact) mass is 361 g/mol. The Balaban J connectivity index is 1.64. The Kier molecular flexibility index (Phi) is 5.94. The lowest BCUT2D eigenvalue weighted by Gasteiger charge is -2.32. The Hall–Kier alpha value is -1.62. The lowest BCUT2D eigenvalue weighted by molar-refractivity contribution is 0.134. The standard InChI is InChI=1S/C20H23ClFN2O/c1-15-18(16-4-3-5-17(22)14-16)6-7-19(20(15)21)25-13-12-24-10-8-23(2)9-11-24/h3,5-7,14H,8-13H2,1-2H3. The first-order valence-electron chi connectivity index (χ1n) is 8.55. The molecular formula is C20H23ClFN2O. The van der Waals surface area contributed by atoms with Crippen LogP contribution in [0, 0.1) is 18.8 Å². The van der Waals surface area contributed by atoms with Gasteiger partial charge in [0.05, 0.1) is 5.02 Å². The van der Waals surface area contributed by atoms with Gasteiger partial charge in [0.25, 0.3) is 0 Å². The van der Waals surface area contributed by atoms with Gasteiger partial charge in [-0.25, -0.2) is 4.39 Å². The van der Waals surface area contributed by atoms with Gasteiger partial charge in [-0.3, -0.25) is 4.90 Å². The molecule has 0 aliphatic carbocycles. The second kappa shape index (κ2) is 8.17. The molecule has 0 unspecified atom stereocenters. The van der Waals surface area contributed by atoms with E-state index in [1.165, 1.54) is 12.1 Å². The van der Waals surface area contributed by atoms with Gasteiger partial charge < -0.3 is 9.64 Å². The Labute approximate surface area is 154 Å². The van der Waals surface area contributed by atoms with E-state index in [1.54, 1.807) is 6.07 Å². The van der Waals surface area contributed by atoms with E-state index in [0.717, 1.165) is 43.9 Å². The van der Waals surface area contributed by atoms with Gasteiger partial charge in [0.15, 0.2) is 0 Å². The predicted octanol–water partition coefficient (Wildman–Crippen LogP) is 3.88. The summed E-state index contributed by atoms with van der Waals surface area (Å²) in [6, 6.07) is 11.3. The van der Waals surface area contributed by atoms with Crippen LogP contribution in [0.4, 0.5) is 4.39 Å². The van der Waals surface area contributed by atoms with E-state index in [0.29, 0.717) is 22.9 Å². The summed E-state index contributed by atoms with van der Waals surface area (Å²) in [6.07, 6.45) is 0. The Morgan fingerprint density at radius 1 is 1.20 bits per heavy atom. The second-order valence-electron chi connectivity index (χ2n) is 6.46. The molecule has 133 valence electrons. The average Bonchev–Trinajstić information content (AvgIpc) is 2.60. The first-order valence-corrected chi connectivity index (χ1v) is 8.93. The van der Waals surface area contributed by atoms with E-state index in [9.17, 15) is 4.39 Å². The number of benzene rings is 2. The van der Waals surface area contributed by atoms with Crippen LogP contribution >= 0.6 is 11.6 Å². The summed E-state index contributed by atoms with van der Waals surface area (Å²) in [7, 11) is 2.15. The van der Waals surface area contributed by atoms with Crippen LogP contribution in [0.2, 0.25) is 5.02 Å². The minimum Gasteiger partial charge on any atom is -0.491 e. The smallest absolute Gasteiger partial charge is 0.138 e. The molecule has 1 saturated heterocycles. The number of halogens is 2. The minimum absolute atomic E-state index is 0.281. The molecule has 1 aliphatic rings. The Morgan fingerprint density at radius 2 is 1.96 bits per heavy atom. The third-order valence-electron chi connectivity index (χ3n) is 4.67. The van der Waals surface area contributed by atoms with E-state index in [2.05, 4.69) is 22.9 Å².